The van der Waals surface area contributed by atoms with Gasteiger partial charge in [0.25, 0.3) is 5.91 Å². The van der Waals surface area contributed by atoms with E-state index in [9.17, 15) is 13.2 Å². The summed E-state index contributed by atoms with van der Waals surface area (Å²) in [6, 6.07) is 10.3. The Hall–Kier alpha value is -1.83. The van der Waals surface area contributed by atoms with Crippen molar-refractivity contribution in [3.05, 3.63) is 58.9 Å². The van der Waals surface area contributed by atoms with Gasteiger partial charge in [-0.15, -0.1) is 0 Å². The third-order valence-electron chi connectivity index (χ3n) is 4.01. The van der Waals surface area contributed by atoms with Gasteiger partial charge in [-0.25, -0.2) is 8.42 Å². The molecule has 1 N–H and O–H groups in total. The minimum Gasteiger partial charge on any atom is -0.357 e. The van der Waals surface area contributed by atoms with Gasteiger partial charge in [-0.3, -0.25) is 4.79 Å². The summed E-state index contributed by atoms with van der Waals surface area (Å²) in [5, 5.41) is 0.576. The van der Waals surface area contributed by atoms with Crippen LogP contribution < -0.4 is 0 Å². The molecule has 1 amide bonds. The number of hydrogen-bond acceptors (Lipinski definition) is 3. The molecule has 1 aliphatic heterocycles. The third-order valence-corrected chi connectivity index (χ3v) is 6.11. The van der Waals surface area contributed by atoms with Crippen molar-refractivity contribution in [2.75, 3.05) is 26.2 Å². The second-order valence-electron chi connectivity index (χ2n) is 5.66. The number of H-pyrrole nitrogens is 1. The van der Waals surface area contributed by atoms with Crippen LogP contribution >= 0.6 is 11.6 Å². The molecule has 0 radical (unpaired) electrons. The van der Waals surface area contributed by atoms with E-state index in [4.69, 9.17) is 11.6 Å². The number of amides is 1. The van der Waals surface area contributed by atoms with Gasteiger partial charge >= 0.3 is 0 Å². The van der Waals surface area contributed by atoms with Gasteiger partial charge in [0.2, 0.25) is 10.0 Å². The molecule has 3 rings (SSSR count). The Kier molecular flexibility index (Phi) is 4.93. The van der Waals surface area contributed by atoms with Crippen molar-refractivity contribution in [1.29, 1.82) is 0 Å². The molecule has 0 unspecified atom stereocenters. The van der Waals surface area contributed by atoms with Crippen LogP contribution in [0.1, 0.15) is 16.1 Å². The first kappa shape index (κ1) is 17.0. The smallest absolute Gasteiger partial charge is 0.270 e. The molecule has 0 aliphatic carbocycles. The van der Waals surface area contributed by atoms with Crippen molar-refractivity contribution in [3.8, 4) is 0 Å². The van der Waals surface area contributed by atoms with E-state index in [2.05, 4.69) is 4.98 Å². The normalized spacial score (nSPS) is 16.3. The second-order valence-corrected chi connectivity index (χ2v) is 8.06. The standard InChI is InChI=1S/C16H18ClN3O3S/c17-14-5-3-13(4-6-14)12-24(22,23)20-10-8-19(9-11-20)16(21)15-2-1-7-18-15/h1-7,18H,8-12H2. The highest BCUT2D eigenvalue weighted by atomic mass is 35.5. The molecule has 0 saturated carbocycles. The van der Waals surface area contributed by atoms with E-state index in [0.717, 1.165) is 0 Å². The van der Waals surface area contributed by atoms with Gasteiger partial charge in [0.05, 0.1) is 5.75 Å². The van der Waals surface area contributed by atoms with Crippen LogP contribution in [0.4, 0.5) is 0 Å². The van der Waals surface area contributed by atoms with E-state index in [0.29, 0.717) is 42.5 Å². The lowest BCUT2D eigenvalue weighted by molar-refractivity contribution is 0.0692. The molecule has 2 heterocycles. The number of aromatic nitrogens is 1. The molecule has 2 aromatic rings. The largest absolute Gasteiger partial charge is 0.357 e. The summed E-state index contributed by atoms with van der Waals surface area (Å²) >= 11 is 5.82. The Morgan fingerprint density at radius 1 is 1.08 bits per heavy atom. The van der Waals surface area contributed by atoms with Crippen LogP contribution in [0.5, 0.6) is 0 Å². The van der Waals surface area contributed by atoms with Crippen LogP contribution in [0.25, 0.3) is 0 Å². The predicted molar refractivity (Wildman–Crippen MR) is 92.3 cm³/mol. The minimum atomic E-state index is -3.41. The molecule has 1 aromatic carbocycles. The van der Waals surface area contributed by atoms with E-state index in [1.807, 2.05) is 0 Å². The van der Waals surface area contributed by atoms with E-state index in [1.165, 1.54) is 4.31 Å². The highest BCUT2D eigenvalue weighted by molar-refractivity contribution is 7.88. The molecule has 24 heavy (non-hydrogen) atoms. The first-order valence-corrected chi connectivity index (χ1v) is 9.59. The van der Waals surface area contributed by atoms with Crippen molar-refractivity contribution in [1.82, 2.24) is 14.2 Å². The van der Waals surface area contributed by atoms with Gasteiger partial charge in [-0.05, 0) is 29.8 Å². The van der Waals surface area contributed by atoms with Crippen LogP contribution in [-0.4, -0.2) is 54.7 Å². The molecular formula is C16H18ClN3O3S. The van der Waals surface area contributed by atoms with Crippen molar-refractivity contribution in [2.24, 2.45) is 0 Å². The molecule has 1 aromatic heterocycles. The molecular weight excluding hydrogens is 350 g/mol. The first-order valence-electron chi connectivity index (χ1n) is 7.61. The molecule has 0 atom stereocenters. The van der Waals surface area contributed by atoms with Crippen LogP contribution in [0, 0.1) is 0 Å². The summed E-state index contributed by atoms with van der Waals surface area (Å²) in [5.74, 6) is -0.163. The van der Waals surface area contributed by atoms with Gasteiger partial charge in [0.1, 0.15) is 5.69 Å². The van der Waals surface area contributed by atoms with Crippen molar-refractivity contribution < 1.29 is 13.2 Å². The predicted octanol–water partition coefficient (Wildman–Crippen LogP) is 1.96. The Labute approximate surface area is 146 Å². The fraction of sp³-hybridized carbons (Fsp3) is 0.312. The highest BCUT2D eigenvalue weighted by Crippen LogP contribution is 2.16. The van der Waals surface area contributed by atoms with Crippen molar-refractivity contribution in [2.45, 2.75) is 5.75 Å². The van der Waals surface area contributed by atoms with E-state index in [1.54, 1.807) is 47.5 Å². The highest BCUT2D eigenvalue weighted by Gasteiger charge is 2.29. The summed E-state index contributed by atoms with van der Waals surface area (Å²) in [5.41, 5.74) is 1.22. The molecule has 1 aliphatic rings. The molecule has 6 nitrogen and oxygen atoms in total. The average molecular weight is 368 g/mol. The Balaban J connectivity index is 1.61. The van der Waals surface area contributed by atoms with Crippen LogP contribution in [-0.2, 0) is 15.8 Å². The number of carbonyl (C=O) groups is 1. The fourth-order valence-corrected chi connectivity index (χ4v) is 4.33. The lowest BCUT2D eigenvalue weighted by Gasteiger charge is -2.33. The first-order chi connectivity index (χ1) is 11.5. The average Bonchev–Trinajstić information content (AvgIpc) is 3.11. The lowest BCUT2D eigenvalue weighted by atomic mass is 10.2. The van der Waals surface area contributed by atoms with Crippen LogP contribution in [0.15, 0.2) is 42.6 Å². The summed E-state index contributed by atoms with van der Waals surface area (Å²) in [6.07, 6.45) is 1.69. The molecule has 1 fully saturated rings. The summed E-state index contributed by atoms with van der Waals surface area (Å²) < 4.78 is 26.5. The number of carbonyl (C=O) groups excluding carboxylic acids is 1. The number of nitrogens with one attached hydrogen (secondary N) is 1. The number of aromatic amines is 1. The number of rotatable bonds is 4. The molecule has 0 spiro atoms. The van der Waals surface area contributed by atoms with E-state index >= 15 is 0 Å². The maximum Gasteiger partial charge on any atom is 0.270 e. The number of benzene rings is 1. The van der Waals surface area contributed by atoms with Crippen LogP contribution in [0.3, 0.4) is 0 Å². The summed E-state index contributed by atoms with van der Waals surface area (Å²) in [7, 11) is -3.41. The van der Waals surface area contributed by atoms with Crippen molar-refractivity contribution >= 4 is 27.5 Å². The summed E-state index contributed by atoms with van der Waals surface area (Å²) in [6.45, 7) is 1.39. The van der Waals surface area contributed by atoms with Gasteiger partial charge in [-0.1, -0.05) is 23.7 Å². The molecule has 0 bridgehead atoms. The van der Waals surface area contributed by atoms with Gasteiger partial charge < -0.3 is 9.88 Å². The maximum atomic E-state index is 12.5. The quantitative estimate of drug-likeness (QED) is 0.897. The zero-order valence-corrected chi connectivity index (χ0v) is 14.6. The summed E-state index contributed by atoms with van der Waals surface area (Å²) in [4.78, 5) is 16.8. The zero-order valence-electron chi connectivity index (χ0n) is 13.0. The molecule has 8 heteroatoms. The maximum absolute atomic E-state index is 12.5. The van der Waals surface area contributed by atoms with Gasteiger partial charge in [0.15, 0.2) is 0 Å². The second kappa shape index (κ2) is 6.96. The van der Waals surface area contributed by atoms with Gasteiger partial charge in [-0.2, -0.15) is 4.31 Å². The fourth-order valence-electron chi connectivity index (χ4n) is 2.69. The monoisotopic (exact) mass is 367 g/mol. The lowest BCUT2D eigenvalue weighted by Crippen LogP contribution is -2.50. The van der Waals surface area contributed by atoms with E-state index < -0.39 is 10.0 Å². The number of piperazine rings is 1. The van der Waals surface area contributed by atoms with Crippen LogP contribution in [0.2, 0.25) is 5.02 Å². The number of halogens is 1. The zero-order chi connectivity index (χ0) is 17.2. The number of nitrogens with zero attached hydrogens (tertiary/aromatic N) is 2. The minimum absolute atomic E-state index is 0.0608. The third kappa shape index (κ3) is 3.80. The number of hydrogen-bond donors (Lipinski definition) is 1. The molecule has 128 valence electrons. The van der Waals surface area contributed by atoms with E-state index in [-0.39, 0.29) is 11.7 Å². The van der Waals surface area contributed by atoms with Gasteiger partial charge in [0, 0.05) is 37.4 Å². The topological polar surface area (TPSA) is 73.5 Å². The number of sulfonamides is 1. The Bertz CT molecular complexity index is 796. The Morgan fingerprint density at radius 2 is 1.75 bits per heavy atom. The molecule has 1 saturated heterocycles. The van der Waals surface area contributed by atoms with Crippen molar-refractivity contribution in [3.63, 3.8) is 0 Å². The Morgan fingerprint density at radius 3 is 2.33 bits per heavy atom. The SMILES string of the molecule is O=C(c1ccc[nH]1)N1CCN(S(=O)(=O)Cc2ccc(Cl)cc2)CC1.